The van der Waals surface area contributed by atoms with Crippen LogP contribution in [0.1, 0.15) is 12.0 Å². The van der Waals surface area contributed by atoms with Gasteiger partial charge in [-0.3, -0.25) is 4.99 Å². The molecular formula is C15H24ClN3O2. The normalized spacial score (nSPS) is 11.3. The summed E-state index contributed by atoms with van der Waals surface area (Å²) in [7, 11) is 3.42. The fraction of sp³-hybridized carbons (Fsp3) is 0.533. The third-order valence-corrected chi connectivity index (χ3v) is 3.07. The second-order valence-electron chi connectivity index (χ2n) is 4.53. The zero-order valence-corrected chi connectivity index (χ0v) is 13.7. The van der Waals surface area contributed by atoms with Crippen LogP contribution in [0.4, 0.5) is 0 Å². The van der Waals surface area contributed by atoms with E-state index in [1.54, 1.807) is 14.2 Å². The van der Waals surface area contributed by atoms with E-state index in [9.17, 15) is 0 Å². The molecule has 0 aliphatic rings. The highest BCUT2D eigenvalue weighted by molar-refractivity contribution is 6.30. The fourth-order valence-electron chi connectivity index (χ4n) is 1.73. The van der Waals surface area contributed by atoms with E-state index in [1.165, 1.54) is 0 Å². The quantitative estimate of drug-likeness (QED) is 0.439. The number of ether oxygens (including phenoxy) is 2. The summed E-state index contributed by atoms with van der Waals surface area (Å²) in [6.07, 6.45) is 0.882. The van der Waals surface area contributed by atoms with Crippen LogP contribution in [0.15, 0.2) is 23.2 Å². The standard InChI is InChI=1S/C15H24ClN3O2/c1-12-11-13(16)5-6-14(12)21-9-4-7-18-15(17-2)19-8-10-20-3/h5-6,11H,4,7-10H2,1-3H3,(H2,17,18,19). The number of benzene rings is 1. The van der Waals surface area contributed by atoms with Gasteiger partial charge < -0.3 is 20.1 Å². The smallest absolute Gasteiger partial charge is 0.191 e. The predicted octanol–water partition coefficient (Wildman–Crippen LogP) is 2.23. The first-order valence-electron chi connectivity index (χ1n) is 6.99. The van der Waals surface area contributed by atoms with Crippen LogP contribution < -0.4 is 15.4 Å². The molecule has 0 aliphatic heterocycles. The van der Waals surface area contributed by atoms with Crippen LogP contribution in [0, 0.1) is 6.92 Å². The second kappa shape index (κ2) is 10.3. The van der Waals surface area contributed by atoms with Crippen molar-refractivity contribution in [2.75, 3.05) is 40.5 Å². The van der Waals surface area contributed by atoms with Crippen molar-refractivity contribution in [2.45, 2.75) is 13.3 Å². The van der Waals surface area contributed by atoms with Gasteiger partial charge >= 0.3 is 0 Å². The lowest BCUT2D eigenvalue weighted by atomic mass is 10.2. The Morgan fingerprint density at radius 1 is 1.24 bits per heavy atom. The van der Waals surface area contributed by atoms with E-state index in [0.717, 1.165) is 41.8 Å². The highest BCUT2D eigenvalue weighted by Gasteiger charge is 2.00. The first kappa shape index (κ1) is 17.6. The van der Waals surface area contributed by atoms with Crippen molar-refractivity contribution >= 4 is 17.6 Å². The Morgan fingerprint density at radius 3 is 2.67 bits per heavy atom. The molecule has 2 N–H and O–H groups in total. The highest BCUT2D eigenvalue weighted by Crippen LogP contribution is 2.21. The molecule has 5 nitrogen and oxygen atoms in total. The number of methoxy groups -OCH3 is 1. The number of rotatable bonds is 8. The largest absolute Gasteiger partial charge is 0.493 e. The number of guanidine groups is 1. The summed E-state index contributed by atoms with van der Waals surface area (Å²) in [5.74, 6) is 1.65. The SMILES string of the molecule is CN=C(NCCCOc1ccc(Cl)cc1C)NCCOC. The van der Waals surface area contributed by atoms with Crippen molar-refractivity contribution in [1.29, 1.82) is 0 Å². The molecule has 0 atom stereocenters. The van der Waals surface area contributed by atoms with Gasteiger partial charge in [0.1, 0.15) is 5.75 Å². The van der Waals surface area contributed by atoms with Crippen LogP contribution >= 0.6 is 11.6 Å². The van der Waals surface area contributed by atoms with Crippen molar-refractivity contribution in [2.24, 2.45) is 4.99 Å². The molecule has 1 aromatic rings. The van der Waals surface area contributed by atoms with E-state index < -0.39 is 0 Å². The average Bonchev–Trinajstić information content (AvgIpc) is 2.47. The van der Waals surface area contributed by atoms with Crippen LogP contribution in [0.5, 0.6) is 5.75 Å². The van der Waals surface area contributed by atoms with Gasteiger partial charge in [-0.15, -0.1) is 0 Å². The molecule has 0 spiro atoms. The first-order chi connectivity index (χ1) is 10.2. The number of hydrogen-bond donors (Lipinski definition) is 2. The van der Waals surface area contributed by atoms with E-state index in [2.05, 4.69) is 15.6 Å². The lowest BCUT2D eigenvalue weighted by Gasteiger charge is -2.12. The van der Waals surface area contributed by atoms with Gasteiger partial charge in [0, 0.05) is 32.3 Å². The van der Waals surface area contributed by atoms with Gasteiger partial charge in [0.05, 0.1) is 13.2 Å². The van der Waals surface area contributed by atoms with Gasteiger partial charge in [-0.1, -0.05) is 11.6 Å². The minimum absolute atomic E-state index is 0.643. The summed E-state index contributed by atoms with van der Waals surface area (Å²) in [4.78, 5) is 4.12. The van der Waals surface area contributed by atoms with Gasteiger partial charge in [0.2, 0.25) is 0 Å². The number of aliphatic imine (C=N–C) groups is 1. The molecule has 0 aromatic heterocycles. The summed E-state index contributed by atoms with van der Waals surface area (Å²) in [5, 5.41) is 7.10. The van der Waals surface area contributed by atoms with Gasteiger partial charge in [0.15, 0.2) is 5.96 Å². The first-order valence-corrected chi connectivity index (χ1v) is 7.37. The molecular weight excluding hydrogens is 290 g/mol. The summed E-state index contributed by atoms with van der Waals surface area (Å²) >= 11 is 5.91. The third-order valence-electron chi connectivity index (χ3n) is 2.83. The number of aryl methyl sites for hydroxylation is 1. The van der Waals surface area contributed by atoms with Crippen molar-refractivity contribution < 1.29 is 9.47 Å². The topological polar surface area (TPSA) is 54.9 Å². The molecule has 0 fully saturated rings. The highest BCUT2D eigenvalue weighted by atomic mass is 35.5. The molecule has 0 aliphatic carbocycles. The zero-order valence-electron chi connectivity index (χ0n) is 12.9. The lowest BCUT2D eigenvalue weighted by Crippen LogP contribution is -2.39. The van der Waals surface area contributed by atoms with Crippen molar-refractivity contribution in [1.82, 2.24) is 10.6 Å². The summed E-state index contributed by atoms with van der Waals surface area (Å²) in [6.45, 7) is 4.81. The molecule has 118 valence electrons. The molecule has 0 saturated heterocycles. The average molecular weight is 314 g/mol. The molecule has 0 bridgehead atoms. The second-order valence-corrected chi connectivity index (χ2v) is 4.97. The minimum Gasteiger partial charge on any atom is -0.493 e. The molecule has 21 heavy (non-hydrogen) atoms. The molecule has 0 amide bonds. The van der Waals surface area contributed by atoms with Gasteiger partial charge in [-0.2, -0.15) is 0 Å². The predicted molar refractivity (Wildman–Crippen MR) is 87.5 cm³/mol. The summed E-state index contributed by atoms with van der Waals surface area (Å²) < 4.78 is 10.7. The Morgan fingerprint density at radius 2 is 2.00 bits per heavy atom. The van der Waals surface area contributed by atoms with E-state index in [1.807, 2.05) is 25.1 Å². The minimum atomic E-state index is 0.643. The number of halogens is 1. The lowest BCUT2D eigenvalue weighted by molar-refractivity contribution is 0.203. The van der Waals surface area contributed by atoms with Crippen LogP contribution in [-0.4, -0.2) is 46.4 Å². The van der Waals surface area contributed by atoms with Crippen molar-refractivity contribution in [3.05, 3.63) is 28.8 Å². The van der Waals surface area contributed by atoms with Gasteiger partial charge in [-0.05, 0) is 37.1 Å². The third kappa shape index (κ3) is 7.20. The van der Waals surface area contributed by atoms with E-state index in [0.29, 0.717) is 13.2 Å². The Balaban J connectivity index is 2.18. The van der Waals surface area contributed by atoms with Crippen LogP contribution in [0.3, 0.4) is 0 Å². The van der Waals surface area contributed by atoms with E-state index in [-0.39, 0.29) is 0 Å². The van der Waals surface area contributed by atoms with Crippen molar-refractivity contribution in [3.63, 3.8) is 0 Å². The fourth-order valence-corrected chi connectivity index (χ4v) is 1.95. The van der Waals surface area contributed by atoms with Gasteiger partial charge in [-0.25, -0.2) is 0 Å². The van der Waals surface area contributed by atoms with Crippen LogP contribution in [0.2, 0.25) is 5.02 Å². The monoisotopic (exact) mass is 313 g/mol. The number of hydrogen-bond acceptors (Lipinski definition) is 3. The Kier molecular flexibility index (Phi) is 8.62. The maximum atomic E-state index is 5.91. The molecule has 1 rings (SSSR count). The summed E-state index contributed by atoms with van der Waals surface area (Å²) in [5.41, 5.74) is 1.05. The zero-order chi connectivity index (χ0) is 15.5. The Hall–Kier alpha value is -1.46. The van der Waals surface area contributed by atoms with E-state index in [4.69, 9.17) is 21.1 Å². The molecule has 0 radical (unpaired) electrons. The molecule has 6 heteroatoms. The summed E-state index contributed by atoms with van der Waals surface area (Å²) in [6, 6.07) is 5.64. The van der Waals surface area contributed by atoms with Crippen LogP contribution in [0.25, 0.3) is 0 Å². The number of nitrogens with zero attached hydrogens (tertiary/aromatic N) is 1. The molecule has 0 unspecified atom stereocenters. The maximum Gasteiger partial charge on any atom is 0.191 e. The molecule has 1 aromatic carbocycles. The van der Waals surface area contributed by atoms with Crippen molar-refractivity contribution in [3.8, 4) is 5.75 Å². The van der Waals surface area contributed by atoms with Crippen LogP contribution in [-0.2, 0) is 4.74 Å². The molecule has 0 saturated carbocycles. The number of nitrogens with one attached hydrogen (secondary N) is 2. The Labute approximate surface area is 131 Å². The maximum absolute atomic E-state index is 5.91. The molecule has 0 heterocycles. The van der Waals surface area contributed by atoms with Gasteiger partial charge in [0.25, 0.3) is 0 Å². The Bertz CT molecular complexity index is 453. The van der Waals surface area contributed by atoms with E-state index >= 15 is 0 Å².